The molecule has 34 valence electrons. The van der Waals surface area contributed by atoms with Crippen LogP contribution in [0.2, 0.25) is 0 Å². The summed E-state index contributed by atoms with van der Waals surface area (Å²) in [6.45, 7) is 1.86. The van der Waals surface area contributed by atoms with Gasteiger partial charge < -0.3 is 4.74 Å². The van der Waals surface area contributed by atoms with E-state index in [1.807, 2.05) is 6.92 Å². The monoisotopic (exact) mass is 102 g/mol. The molecule has 0 aromatic heterocycles. The van der Waals surface area contributed by atoms with E-state index in [2.05, 4.69) is 17.0 Å². The van der Waals surface area contributed by atoms with Crippen molar-refractivity contribution >= 4 is 17.8 Å². The Morgan fingerprint density at radius 2 is 2.33 bits per heavy atom. The summed E-state index contributed by atoms with van der Waals surface area (Å²) in [6, 6.07) is 0. The van der Waals surface area contributed by atoms with Gasteiger partial charge in [0.05, 0.1) is 6.26 Å². The van der Waals surface area contributed by atoms with Gasteiger partial charge in [-0.2, -0.15) is 0 Å². The molecular formula is C4H6OS. The number of thiocarbonyl (C=S) groups is 1. The Balaban J connectivity index is 2.85. The zero-order chi connectivity index (χ0) is 4.83. The van der Waals surface area contributed by atoms with Crippen LogP contribution in [0.25, 0.3) is 0 Å². The van der Waals surface area contributed by atoms with Crippen molar-refractivity contribution in [2.75, 3.05) is 0 Å². The number of hydrogen-bond acceptors (Lipinski definition) is 2. The second kappa shape index (κ2) is 4.63. The molecule has 0 aliphatic heterocycles. The van der Waals surface area contributed by atoms with Gasteiger partial charge in [-0.1, -0.05) is 6.08 Å². The van der Waals surface area contributed by atoms with E-state index in [0.717, 1.165) is 0 Å². The third kappa shape index (κ3) is 3.63. The van der Waals surface area contributed by atoms with Crippen LogP contribution in [0.4, 0.5) is 0 Å². The molecular weight excluding hydrogens is 96.1 g/mol. The molecule has 0 radical (unpaired) electrons. The van der Waals surface area contributed by atoms with Crippen LogP contribution < -0.4 is 0 Å². The first-order valence-corrected chi connectivity index (χ1v) is 2.09. The molecule has 0 N–H and O–H groups in total. The Morgan fingerprint density at radius 3 is 2.50 bits per heavy atom. The van der Waals surface area contributed by atoms with Crippen LogP contribution in [0.1, 0.15) is 6.92 Å². The van der Waals surface area contributed by atoms with Crippen LogP contribution in [0, 0.1) is 0 Å². The predicted octanol–water partition coefficient (Wildman–Crippen LogP) is 1.49. The molecule has 0 bridgehead atoms. The highest BCUT2D eigenvalue weighted by atomic mass is 32.1. The van der Waals surface area contributed by atoms with Crippen LogP contribution in [-0.4, -0.2) is 5.55 Å². The van der Waals surface area contributed by atoms with Crippen molar-refractivity contribution in [2.24, 2.45) is 0 Å². The van der Waals surface area contributed by atoms with Gasteiger partial charge in [-0.15, -0.1) is 0 Å². The largest absolute Gasteiger partial charge is 0.462 e. The van der Waals surface area contributed by atoms with E-state index < -0.39 is 0 Å². The number of hydrogen-bond donors (Lipinski definition) is 0. The van der Waals surface area contributed by atoms with Gasteiger partial charge in [0.2, 0.25) is 0 Å². The molecule has 0 unspecified atom stereocenters. The summed E-state index contributed by atoms with van der Waals surface area (Å²) in [5, 5.41) is 0. The molecule has 0 rings (SSSR count). The summed E-state index contributed by atoms with van der Waals surface area (Å²) in [5.41, 5.74) is 1.21. The first-order chi connectivity index (χ1) is 2.91. The zero-order valence-electron chi connectivity index (χ0n) is 3.55. The zero-order valence-corrected chi connectivity index (χ0v) is 4.37. The Hall–Kier alpha value is -0.370. The summed E-state index contributed by atoms with van der Waals surface area (Å²) in [7, 11) is 0. The molecule has 1 nitrogen and oxygen atoms in total. The average molecular weight is 102 g/mol. The standard InChI is InChI=1S/C4H6OS/c1-2-3-5-4-6/h2-4H,1H3. The van der Waals surface area contributed by atoms with E-state index in [4.69, 9.17) is 0 Å². The van der Waals surface area contributed by atoms with Gasteiger partial charge in [0, 0.05) is 0 Å². The van der Waals surface area contributed by atoms with Crippen LogP contribution in [-0.2, 0) is 4.74 Å². The lowest BCUT2D eigenvalue weighted by atomic mass is 10.7. The minimum absolute atomic E-state index is 1.21. The van der Waals surface area contributed by atoms with Crippen molar-refractivity contribution in [1.29, 1.82) is 0 Å². The minimum atomic E-state index is 1.21. The number of allylic oxidation sites excluding steroid dienone is 1. The van der Waals surface area contributed by atoms with Gasteiger partial charge in [0.15, 0.2) is 5.55 Å². The highest BCUT2D eigenvalue weighted by Crippen LogP contribution is 1.68. The molecule has 0 saturated carbocycles. The number of rotatable bonds is 2. The van der Waals surface area contributed by atoms with Crippen LogP contribution in [0.5, 0.6) is 0 Å². The second-order valence-electron chi connectivity index (χ2n) is 0.702. The van der Waals surface area contributed by atoms with Gasteiger partial charge >= 0.3 is 0 Å². The number of ether oxygens (including phenoxy) is 1. The van der Waals surface area contributed by atoms with Crippen molar-refractivity contribution in [3.8, 4) is 0 Å². The van der Waals surface area contributed by atoms with Crippen LogP contribution in [0.3, 0.4) is 0 Å². The lowest BCUT2D eigenvalue weighted by molar-refractivity contribution is 0.504. The van der Waals surface area contributed by atoms with E-state index in [-0.39, 0.29) is 0 Å². The topological polar surface area (TPSA) is 9.23 Å². The summed E-state index contributed by atoms with van der Waals surface area (Å²) in [6.07, 6.45) is 3.29. The van der Waals surface area contributed by atoms with Gasteiger partial charge in [-0.05, 0) is 19.1 Å². The molecule has 6 heavy (non-hydrogen) atoms. The van der Waals surface area contributed by atoms with Gasteiger partial charge in [0.1, 0.15) is 0 Å². The molecule has 0 aromatic rings. The maximum Gasteiger partial charge on any atom is 0.153 e. The Morgan fingerprint density at radius 1 is 1.67 bits per heavy atom. The highest BCUT2D eigenvalue weighted by molar-refractivity contribution is 7.78. The first-order valence-electron chi connectivity index (χ1n) is 1.62. The lowest BCUT2D eigenvalue weighted by Crippen LogP contribution is -1.65. The predicted molar refractivity (Wildman–Crippen MR) is 29.6 cm³/mol. The molecule has 0 aliphatic carbocycles. The van der Waals surface area contributed by atoms with Crippen molar-refractivity contribution in [3.63, 3.8) is 0 Å². The van der Waals surface area contributed by atoms with E-state index in [0.29, 0.717) is 0 Å². The van der Waals surface area contributed by atoms with Gasteiger partial charge in [-0.25, -0.2) is 0 Å². The maximum absolute atomic E-state index is 4.49. The Labute approximate surface area is 42.6 Å². The minimum Gasteiger partial charge on any atom is -0.462 e. The fourth-order valence-corrected chi connectivity index (χ4v) is 0.175. The molecule has 0 aliphatic rings. The molecule has 0 heterocycles. The van der Waals surface area contributed by atoms with Crippen LogP contribution >= 0.6 is 12.2 Å². The smallest absolute Gasteiger partial charge is 0.153 e. The SMILES string of the molecule is CC=COC=S. The highest BCUT2D eigenvalue weighted by Gasteiger charge is 1.54. The summed E-state index contributed by atoms with van der Waals surface area (Å²) in [4.78, 5) is 0. The van der Waals surface area contributed by atoms with Gasteiger partial charge in [-0.3, -0.25) is 0 Å². The van der Waals surface area contributed by atoms with Crippen molar-refractivity contribution < 1.29 is 4.74 Å². The third-order valence-electron chi connectivity index (χ3n) is 0.270. The lowest BCUT2D eigenvalue weighted by Gasteiger charge is -1.77. The van der Waals surface area contributed by atoms with E-state index >= 15 is 0 Å². The molecule has 0 amide bonds. The molecule has 0 atom stereocenters. The van der Waals surface area contributed by atoms with Crippen molar-refractivity contribution in [2.45, 2.75) is 6.92 Å². The molecule has 0 spiro atoms. The Bertz CT molecular complexity index is 58.6. The fourth-order valence-electron chi connectivity index (χ4n) is 0.111. The summed E-state index contributed by atoms with van der Waals surface area (Å²) in [5.74, 6) is 0. The van der Waals surface area contributed by atoms with Crippen LogP contribution in [0.15, 0.2) is 12.3 Å². The van der Waals surface area contributed by atoms with Crippen molar-refractivity contribution in [3.05, 3.63) is 12.3 Å². The van der Waals surface area contributed by atoms with Crippen molar-refractivity contribution in [1.82, 2.24) is 0 Å². The normalized spacial score (nSPS) is 8.83. The maximum atomic E-state index is 4.49. The Kier molecular flexibility index (Phi) is 4.34. The second-order valence-corrected chi connectivity index (χ2v) is 0.894. The molecule has 0 fully saturated rings. The first kappa shape index (κ1) is 5.63. The molecule has 0 aromatic carbocycles. The molecule has 0 saturated heterocycles. The molecule has 2 heteroatoms. The van der Waals surface area contributed by atoms with E-state index in [9.17, 15) is 0 Å². The van der Waals surface area contributed by atoms with E-state index in [1.54, 1.807) is 6.08 Å². The van der Waals surface area contributed by atoms with Gasteiger partial charge in [0.25, 0.3) is 0 Å². The fraction of sp³-hybridized carbons (Fsp3) is 0.250. The average Bonchev–Trinajstić information content (AvgIpc) is 1.61. The summed E-state index contributed by atoms with van der Waals surface area (Å²) >= 11 is 4.32. The third-order valence-corrected chi connectivity index (χ3v) is 0.381. The summed E-state index contributed by atoms with van der Waals surface area (Å²) < 4.78 is 4.49. The van der Waals surface area contributed by atoms with E-state index in [1.165, 1.54) is 11.8 Å². The quantitative estimate of drug-likeness (QED) is 0.386.